The largest absolute Gasteiger partial charge is 0.368 e. The molecule has 0 saturated carbocycles. The average molecular weight is 315 g/mol. The molecule has 0 radical (unpaired) electrons. The highest BCUT2D eigenvalue weighted by Gasteiger charge is 2.23. The summed E-state index contributed by atoms with van der Waals surface area (Å²) in [6, 6.07) is 7.65. The molecule has 1 atom stereocenters. The lowest BCUT2D eigenvalue weighted by Gasteiger charge is -2.10. The summed E-state index contributed by atoms with van der Waals surface area (Å²) in [7, 11) is 0. The SMILES string of the molecule is CC(C)c1noc(Cc2ccc(NC(=O)[C@H]3CCCO3)cc2)n1. The van der Waals surface area contributed by atoms with Crippen LogP contribution in [0.5, 0.6) is 0 Å². The fourth-order valence-electron chi connectivity index (χ4n) is 2.46. The van der Waals surface area contributed by atoms with Gasteiger partial charge in [-0.05, 0) is 30.5 Å². The maximum absolute atomic E-state index is 12.0. The zero-order chi connectivity index (χ0) is 16.2. The first-order valence-electron chi connectivity index (χ1n) is 7.95. The summed E-state index contributed by atoms with van der Waals surface area (Å²) < 4.78 is 10.6. The van der Waals surface area contributed by atoms with Crippen LogP contribution < -0.4 is 5.32 Å². The number of ether oxygens (including phenoxy) is 1. The van der Waals surface area contributed by atoms with Gasteiger partial charge in [0.05, 0.1) is 6.42 Å². The number of carbonyl (C=O) groups excluding carboxylic acids is 1. The molecule has 1 amide bonds. The van der Waals surface area contributed by atoms with Gasteiger partial charge < -0.3 is 14.6 Å². The van der Waals surface area contributed by atoms with Gasteiger partial charge in [-0.25, -0.2) is 0 Å². The van der Waals surface area contributed by atoms with Crippen molar-refractivity contribution in [3.8, 4) is 0 Å². The number of hydrogen-bond acceptors (Lipinski definition) is 5. The fourth-order valence-corrected chi connectivity index (χ4v) is 2.46. The Labute approximate surface area is 135 Å². The molecule has 1 aromatic carbocycles. The van der Waals surface area contributed by atoms with Gasteiger partial charge in [0.15, 0.2) is 5.82 Å². The average Bonchev–Trinajstić information content (AvgIpc) is 3.20. The number of hydrogen-bond donors (Lipinski definition) is 1. The zero-order valence-corrected chi connectivity index (χ0v) is 13.4. The van der Waals surface area contributed by atoms with E-state index in [0.717, 1.165) is 29.9 Å². The Morgan fingerprint density at radius 1 is 1.35 bits per heavy atom. The quantitative estimate of drug-likeness (QED) is 0.918. The lowest BCUT2D eigenvalue weighted by molar-refractivity contribution is -0.124. The molecule has 1 aromatic heterocycles. The van der Waals surface area contributed by atoms with Crippen LogP contribution in [0.4, 0.5) is 5.69 Å². The first kappa shape index (κ1) is 15.7. The van der Waals surface area contributed by atoms with Gasteiger partial charge in [-0.1, -0.05) is 31.1 Å². The van der Waals surface area contributed by atoms with Crippen molar-refractivity contribution in [2.45, 2.75) is 45.1 Å². The van der Waals surface area contributed by atoms with E-state index < -0.39 is 0 Å². The van der Waals surface area contributed by atoms with Crippen LogP contribution in [0.2, 0.25) is 0 Å². The molecule has 23 heavy (non-hydrogen) atoms. The van der Waals surface area contributed by atoms with Gasteiger partial charge in [0.2, 0.25) is 5.89 Å². The number of nitrogens with one attached hydrogen (secondary N) is 1. The minimum absolute atomic E-state index is 0.0753. The molecule has 1 aliphatic heterocycles. The van der Waals surface area contributed by atoms with Crippen LogP contribution in [-0.2, 0) is 16.0 Å². The van der Waals surface area contributed by atoms with Gasteiger partial charge in [0.1, 0.15) is 6.10 Å². The van der Waals surface area contributed by atoms with Crippen molar-refractivity contribution in [1.29, 1.82) is 0 Å². The normalized spacial score (nSPS) is 17.6. The van der Waals surface area contributed by atoms with Crippen molar-refractivity contribution in [3.05, 3.63) is 41.5 Å². The zero-order valence-electron chi connectivity index (χ0n) is 13.4. The van der Waals surface area contributed by atoms with Crippen molar-refractivity contribution in [3.63, 3.8) is 0 Å². The van der Waals surface area contributed by atoms with Crippen LogP contribution in [0, 0.1) is 0 Å². The Balaban J connectivity index is 1.58. The maximum atomic E-state index is 12.0. The number of nitrogens with zero attached hydrogens (tertiary/aromatic N) is 2. The highest BCUT2D eigenvalue weighted by molar-refractivity contribution is 5.94. The van der Waals surface area contributed by atoms with E-state index in [1.165, 1.54) is 0 Å². The Morgan fingerprint density at radius 2 is 2.13 bits per heavy atom. The predicted molar refractivity (Wildman–Crippen MR) is 85.2 cm³/mol. The molecule has 1 aliphatic rings. The Kier molecular flexibility index (Phi) is 4.71. The van der Waals surface area contributed by atoms with E-state index in [-0.39, 0.29) is 17.9 Å². The van der Waals surface area contributed by atoms with E-state index >= 15 is 0 Å². The second-order valence-corrected chi connectivity index (χ2v) is 6.07. The van der Waals surface area contributed by atoms with Gasteiger partial charge >= 0.3 is 0 Å². The van der Waals surface area contributed by atoms with Crippen LogP contribution in [0.25, 0.3) is 0 Å². The molecule has 6 nitrogen and oxygen atoms in total. The lowest BCUT2D eigenvalue weighted by Crippen LogP contribution is -2.26. The molecule has 6 heteroatoms. The third-order valence-corrected chi connectivity index (χ3v) is 3.80. The van der Waals surface area contributed by atoms with Crippen LogP contribution >= 0.6 is 0 Å². The second kappa shape index (κ2) is 6.91. The van der Waals surface area contributed by atoms with Gasteiger partial charge in [-0.2, -0.15) is 4.98 Å². The summed E-state index contributed by atoms with van der Waals surface area (Å²) in [5.74, 6) is 1.50. The third kappa shape index (κ3) is 3.96. The fraction of sp³-hybridized carbons (Fsp3) is 0.471. The summed E-state index contributed by atoms with van der Waals surface area (Å²) in [6.07, 6.45) is 2.00. The van der Waals surface area contributed by atoms with Crippen molar-refractivity contribution in [1.82, 2.24) is 10.1 Å². The molecule has 2 heterocycles. The molecular formula is C17H21N3O3. The summed E-state index contributed by atoms with van der Waals surface area (Å²) >= 11 is 0. The second-order valence-electron chi connectivity index (χ2n) is 6.07. The smallest absolute Gasteiger partial charge is 0.253 e. The van der Waals surface area contributed by atoms with Crippen LogP contribution in [-0.4, -0.2) is 28.8 Å². The minimum Gasteiger partial charge on any atom is -0.368 e. The van der Waals surface area contributed by atoms with Gasteiger partial charge in [0.25, 0.3) is 5.91 Å². The number of rotatable bonds is 5. The van der Waals surface area contributed by atoms with Gasteiger partial charge in [0, 0.05) is 18.2 Å². The van der Waals surface area contributed by atoms with Crippen LogP contribution in [0.3, 0.4) is 0 Å². The van der Waals surface area contributed by atoms with E-state index in [2.05, 4.69) is 15.5 Å². The van der Waals surface area contributed by atoms with Crippen LogP contribution in [0.15, 0.2) is 28.8 Å². The molecule has 0 bridgehead atoms. The van der Waals surface area contributed by atoms with Crippen molar-refractivity contribution in [2.75, 3.05) is 11.9 Å². The lowest BCUT2D eigenvalue weighted by atomic mass is 10.1. The summed E-state index contributed by atoms with van der Waals surface area (Å²) in [5.41, 5.74) is 1.82. The molecule has 0 unspecified atom stereocenters. The highest BCUT2D eigenvalue weighted by Crippen LogP contribution is 2.17. The molecule has 1 fully saturated rings. The van der Waals surface area contributed by atoms with Gasteiger partial charge in [-0.3, -0.25) is 4.79 Å². The topological polar surface area (TPSA) is 77.2 Å². The molecule has 1 N–H and O–H groups in total. The monoisotopic (exact) mass is 315 g/mol. The molecule has 122 valence electrons. The molecular weight excluding hydrogens is 294 g/mol. The van der Waals surface area contributed by atoms with Crippen molar-refractivity contribution >= 4 is 11.6 Å². The molecule has 3 rings (SSSR count). The number of carbonyl (C=O) groups is 1. The standard InChI is InChI=1S/C17H21N3O3/c1-11(2)16-19-15(23-20-16)10-12-5-7-13(8-6-12)18-17(21)14-4-3-9-22-14/h5-8,11,14H,3-4,9-10H2,1-2H3,(H,18,21)/t14-/m1/s1. The van der Waals surface area contributed by atoms with Crippen LogP contribution in [0.1, 0.15) is 49.9 Å². The predicted octanol–water partition coefficient (Wildman–Crippen LogP) is 2.90. The van der Waals surface area contributed by atoms with E-state index in [0.29, 0.717) is 18.9 Å². The minimum atomic E-state index is -0.317. The van der Waals surface area contributed by atoms with Crippen molar-refractivity contribution < 1.29 is 14.1 Å². The molecule has 1 saturated heterocycles. The summed E-state index contributed by atoms with van der Waals surface area (Å²) in [6.45, 7) is 4.72. The summed E-state index contributed by atoms with van der Waals surface area (Å²) in [5, 5.41) is 6.83. The Bertz CT molecular complexity index is 658. The molecule has 0 aliphatic carbocycles. The highest BCUT2D eigenvalue weighted by atomic mass is 16.5. The number of anilines is 1. The Morgan fingerprint density at radius 3 is 2.74 bits per heavy atom. The van der Waals surface area contributed by atoms with E-state index in [4.69, 9.17) is 9.26 Å². The number of amides is 1. The summed E-state index contributed by atoms with van der Waals surface area (Å²) in [4.78, 5) is 16.4. The van der Waals surface area contributed by atoms with E-state index in [9.17, 15) is 4.79 Å². The first-order valence-corrected chi connectivity index (χ1v) is 7.95. The molecule has 0 spiro atoms. The van der Waals surface area contributed by atoms with E-state index in [1.807, 2.05) is 38.1 Å². The molecule has 2 aromatic rings. The van der Waals surface area contributed by atoms with E-state index in [1.54, 1.807) is 0 Å². The first-order chi connectivity index (χ1) is 11.1. The van der Waals surface area contributed by atoms with Crippen molar-refractivity contribution in [2.24, 2.45) is 0 Å². The Hall–Kier alpha value is -2.21. The maximum Gasteiger partial charge on any atom is 0.253 e. The number of aromatic nitrogens is 2. The van der Waals surface area contributed by atoms with Gasteiger partial charge in [-0.15, -0.1) is 0 Å². The number of benzene rings is 1. The third-order valence-electron chi connectivity index (χ3n) is 3.80.